The Morgan fingerprint density at radius 1 is 1.21 bits per heavy atom. The maximum atomic E-state index is 14.0. The van der Waals surface area contributed by atoms with Crippen molar-refractivity contribution >= 4 is 17.1 Å². The Morgan fingerprint density at radius 3 is 2.91 bits per heavy atom. The van der Waals surface area contributed by atoms with Gasteiger partial charge in [-0.05, 0) is 68.9 Å². The van der Waals surface area contributed by atoms with Crippen LogP contribution in [0.3, 0.4) is 0 Å². The first-order valence-corrected chi connectivity index (χ1v) is 11.6. The smallest absolute Gasteiger partial charge is 0.255 e. The molecule has 33 heavy (non-hydrogen) atoms. The fourth-order valence-corrected chi connectivity index (χ4v) is 5.25. The average molecular weight is 453 g/mol. The molecule has 5 rings (SSSR count). The second-order valence-electron chi connectivity index (χ2n) is 9.00. The highest BCUT2D eigenvalue weighted by molar-refractivity contribution is 6.01. The molecule has 1 saturated heterocycles. The molecule has 2 N–H and O–H groups in total. The number of fused-ring (bicyclic) bond motifs is 1. The number of benzene rings is 1. The van der Waals surface area contributed by atoms with Gasteiger partial charge in [0.2, 0.25) is 0 Å². The number of carbonyl (C=O) groups is 1. The van der Waals surface area contributed by atoms with Gasteiger partial charge in [-0.2, -0.15) is 5.10 Å². The maximum Gasteiger partial charge on any atom is 0.255 e. The van der Waals surface area contributed by atoms with Crippen molar-refractivity contribution in [2.24, 2.45) is 0 Å². The number of nitrogens with one attached hydrogen (secondary N) is 1. The van der Waals surface area contributed by atoms with E-state index in [0.29, 0.717) is 17.7 Å². The van der Waals surface area contributed by atoms with E-state index in [4.69, 9.17) is 4.74 Å². The molecule has 7 nitrogen and oxygen atoms in total. The van der Waals surface area contributed by atoms with Crippen molar-refractivity contribution in [2.45, 2.75) is 56.7 Å². The lowest BCUT2D eigenvalue weighted by Crippen LogP contribution is -2.39. The minimum Gasteiger partial charge on any atom is -0.496 e. The molecule has 8 heteroatoms. The number of aliphatic hydroxyl groups excluding tert-OH is 1. The van der Waals surface area contributed by atoms with Crippen molar-refractivity contribution < 1.29 is 19.0 Å². The van der Waals surface area contributed by atoms with E-state index in [9.17, 15) is 14.3 Å². The van der Waals surface area contributed by atoms with Crippen molar-refractivity contribution in [3.8, 4) is 5.75 Å². The lowest BCUT2D eigenvalue weighted by molar-refractivity contribution is 0.0851. The Bertz CT molecular complexity index is 1160. The quantitative estimate of drug-likeness (QED) is 0.615. The standard InChI is InChI=1S/C25H29FN4O3/c1-33-24-8-7-16(26)12-20(24)22-6-3-10-29(22)18-9-11-30-23(14-18)21(15-27-30)25(32)28-17-4-2-5-19(31)13-17/h7-9,11-12,14-15,17,19,22,31H,2-6,10,13H2,1H3,(H,28,32)/t17?,19?,22-/m1/s1. The van der Waals surface area contributed by atoms with E-state index < -0.39 is 0 Å². The van der Waals surface area contributed by atoms with Crippen molar-refractivity contribution in [2.75, 3.05) is 18.6 Å². The molecule has 2 aromatic heterocycles. The van der Waals surface area contributed by atoms with Crippen LogP contribution in [0.2, 0.25) is 0 Å². The van der Waals surface area contributed by atoms with Gasteiger partial charge in [0.25, 0.3) is 5.91 Å². The van der Waals surface area contributed by atoms with Crippen LogP contribution >= 0.6 is 0 Å². The molecule has 3 heterocycles. The molecular weight excluding hydrogens is 423 g/mol. The van der Waals surface area contributed by atoms with Crippen LogP contribution in [0.1, 0.15) is 60.5 Å². The number of halogens is 1. The number of carbonyl (C=O) groups excluding carboxylic acids is 1. The number of amides is 1. The summed E-state index contributed by atoms with van der Waals surface area (Å²) in [5, 5.41) is 17.3. The van der Waals surface area contributed by atoms with E-state index >= 15 is 0 Å². The Morgan fingerprint density at radius 2 is 2.09 bits per heavy atom. The first kappa shape index (κ1) is 21.7. The van der Waals surface area contributed by atoms with Crippen molar-refractivity contribution in [3.63, 3.8) is 0 Å². The molecule has 3 aromatic rings. The summed E-state index contributed by atoms with van der Waals surface area (Å²) >= 11 is 0. The van der Waals surface area contributed by atoms with Gasteiger partial charge in [-0.1, -0.05) is 0 Å². The lowest BCUT2D eigenvalue weighted by Gasteiger charge is -2.28. The van der Waals surface area contributed by atoms with Crippen LogP contribution in [0.15, 0.2) is 42.7 Å². The van der Waals surface area contributed by atoms with E-state index in [1.165, 1.54) is 6.07 Å². The summed E-state index contributed by atoms with van der Waals surface area (Å²) in [4.78, 5) is 15.3. The topological polar surface area (TPSA) is 79.1 Å². The van der Waals surface area contributed by atoms with Gasteiger partial charge in [0.15, 0.2) is 0 Å². The Labute approximate surface area is 192 Å². The van der Waals surface area contributed by atoms with Crippen LogP contribution in [-0.2, 0) is 0 Å². The summed E-state index contributed by atoms with van der Waals surface area (Å²) < 4.78 is 21.2. The molecule has 3 atom stereocenters. The summed E-state index contributed by atoms with van der Waals surface area (Å²) in [5.41, 5.74) is 3.02. The monoisotopic (exact) mass is 452 g/mol. The summed E-state index contributed by atoms with van der Waals surface area (Å²) in [6.07, 6.45) is 8.11. The molecule has 1 aliphatic heterocycles. The van der Waals surface area contributed by atoms with E-state index in [0.717, 1.165) is 55.4 Å². The Hall–Kier alpha value is -3.13. The lowest BCUT2D eigenvalue weighted by atomic mass is 9.93. The van der Waals surface area contributed by atoms with Gasteiger partial charge in [-0.3, -0.25) is 4.79 Å². The summed E-state index contributed by atoms with van der Waals surface area (Å²) in [7, 11) is 1.60. The zero-order chi connectivity index (χ0) is 22.9. The van der Waals surface area contributed by atoms with Crippen molar-refractivity contribution in [1.29, 1.82) is 0 Å². The van der Waals surface area contributed by atoms with Gasteiger partial charge in [-0.15, -0.1) is 0 Å². The highest BCUT2D eigenvalue weighted by atomic mass is 19.1. The largest absolute Gasteiger partial charge is 0.496 e. The fraction of sp³-hybridized carbons (Fsp3) is 0.440. The third-order valence-electron chi connectivity index (χ3n) is 6.87. The minimum absolute atomic E-state index is 0.0120. The zero-order valence-electron chi connectivity index (χ0n) is 18.7. The van der Waals surface area contributed by atoms with Crippen LogP contribution in [0, 0.1) is 5.82 Å². The van der Waals surface area contributed by atoms with Gasteiger partial charge in [0.05, 0.1) is 36.5 Å². The van der Waals surface area contributed by atoms with Gasteiger partial charge in [0, 0.05) is 30.0 Å². The first-order valence-electron chi connectivity index (χ1n) is 11.6. The molecule has 0 spiro atoms. The second-order valence-corrected chi connectivity index (χ2v) is 9.00. The molecule has 0 bridgehead atoms. The number of aromatic nitrogens is 2. The van der Waals surface area contributed by atoms with E-state index in [2.05, 4.69) is 15.3 Å². The van der Waals surface area contributed by atoms with Crippen LogP contribution in [0.5, 0.6) is 5.75 Å². The normalized spacial score (nSPS) is 23.1. The van der Waals surface area contributed by atoms with Crippen LogP contribution in [-0.4, -0.2) is 46.4 Å². The van der Waals surface area contributed by atoms with E-state index in [1.54, 1.807) is 30.0 Å². The van der Waals surface area contributed by atoms with Crippen molar-refractivity contribution in [1.82, 2.24) is 14.9 Å². The molecule has 0 radical (unpaired) electrons. The van der Waals surface area contributed by atoms with Gasteiger partial charge in [-0.25, -0.2) is 8.91 Å². The molecule has 2 fully saturated rings. The van der Waals surface area contributed by atoms with Crippen LogP contribution in [0.25, 0.3) is 5.52 Å². The number of ether oxygens (including phenoxy) is 1. The van der Waals surface area contributed by atoms with E-state index in [-0.39, 0.29) is 29.9 Å². The minimum atomic E-state index is -0.355. The summed E-state index contributed by atoms with van der Waals surface area (Å²) in [6, 6.07) is 8.55. The van der Waals surface area contributed by atoms with Gasteiger partial charge < -0.3 is 20.1 Å². The highest BCUT2D eigenvalue weighted by Crippen LogP contribution is 2.40. The SMILES string of the molecule is COc1ccc(F)cc1[C@H]1CCCN1c1ccn2ncc(C(=O)NC3CCCC(O)C3)c2c1. The van der Waals surface area contributed by atoms with Crippen molar-refractivity contribution in [3.05, 3.63) is 59.7 Å². The predicted octanol–water partition coefficient (Wildman–Crippen LogP) is 3.86. The molecule has 2 unspecified atom stereocenters. The average Bonchev–Trinajstić information content (AvgIpc) is 3.46. The number of hydrogen-bond acceptors (Lipinski definition) is 5. The number of nitrogens with zero attached hydrogens (tertiary/aromatic N) is 3. The zero-order valence-corrected chi connectivity index (χ0v) is 18.7. The van der Waals surface area contributed by atoms with Crippen LogP contribution < -0.4 is 15.0 Å². The molecule has 1 aromatic carbocycles. The van der Waals surface area contributed by atoms with Gasteiger partial charge >= 0.3 is 0 Å². The molecule has 1 amide bonds. The summed E-state index contributed by atoms with van der Waals surface area (Å²) in [5.74, 6) is 0.218. The number of rotatable bonds is 5. The maximum absolute atomic E-state index is 14.0. The predicted molar refractivity (Wildman–Crippen MR) is 123 cm³/mol. The number of pyridine rings is 1. The molecule has 174 valence electrons. The fourth-order valence-electron chi connectivity index (χ4n) is 5.25. The molecular formula is C25H29FN4O3. The molecule has 2 aliphatic rings. The highest BCUT2D eigenvalue weighted by Gasteiger charge is 2.30. The van der Waals surface area contributed by atoms with Crippen LogP contribution in [0.4, 0.5) is 10.1 Å². The van der Waals surface area contributed by atoms with E-state index in [1.807, 2.05) is 18.3 Å². The number of aliphatic hydroxyl groups is 1. The van der Waals surface area contributed by atoms with Gasteiger partial charge in [0.1, 0.15) is 11.6 Å². The number of hydrogen-bond donors (Lipinski definition) is 2. The summed E-state index contributed by atoms with van der Waals surface area (Å²) in [6.45, 7) is 0.830. The third kappa shape index (κ3) is 4.27. The Kier molecular flexibility index (Phi) is 5.93. The molecule has 1 aliphatic carbocycles. The number of methoxy groups -OCH3 is 1. The number of anilines is 1. The Balaban J connectivity index is 1.43. The third-order valence-corrected chi connectivity index (χ3v) is 6.87. The second kappa shape index (κ2) is 9.02. The molecule has 1 saturated carbocycles. The first-order chi connectivity index (χ1) is 16.0.